The van der Waals surface area contributed by atoms with Crippen LogP contribution in [0.3, 0.4) is 0 Å². The van der Waals surface area contributed by atoms with Crippen molar-refractivity contribution in [3.63, 3.8) is 0 Å². The van der Waals surface area contributed by atoms with Crippen molar-refractivity contribution < 1.29 is 4.74 Å². The molecule has 0 amide bonds. The van der Waals surface area contributed by atoms with Gasteiger partial charge in [0.2, 0.25) is 0 Å². The standard InChI is InChI=1S/C15H15N3O/c1-10-14(19-2)5-6-15(17-10)18-12-4-3-11-7-8-16-13(11)9-12/h3-9,16H,1-2H3,(H,17,18). The highest BCUT2D eigenvalue weighted by atomic mass is 16.5. The molecule has 0 saturated carbocycles. The Morgan fingerprint density at radius 2 is 2.05 bits per heavy atom. The highest BCUT2D eigenvalue weighted by molar-refractivity contribution is 5.83. The van der Waals surface area contributed by atoms with Crippen molar-refractivity contribution in [2.75, 3.05) is 12.4 Å². The van der Waals surface area contributed by atoms with Crippen molar-refractivity contribution in [3.05, 3.63) is 48.3 Å². The van der Waals surface area contributed by atoms with Crippen LogP contribution in [0.2, 0.25) is 0 Å². The van der Waals surface area contributed by atoms with Crippen LogP contribution in [0, 0.1) is 6.92 Å². The van der Waals surface area contributed by atoms with E-state index in [1.165, 1.54) is 5.39 Å². The van der Waals surface area contributed by atoms with Crippen LogP contribution in [-0.4, -0.2) is 17.1 Å². The third kappa shape index (κ3) is 2.25. The number of aromatic nitrogens is 2. The van der Waals surface area contributed by atoms with Crippen molar-refractivity contribution in [3.8, 4) is 5.75 Å². The number of benzene rings is 1. The van der Waals surface area contributed by atoms with E-state index in [9.17, 15) is 0 Å². The Morgan fingerprint density at radius 1 is 1.16 bits per heavy atom. The quantitative estimate of drug-likeness (QED) is 0.749. The zero-order valence-corrected chi connectivity index (χ0v) is 10.9. The fourth-order valence-electron chi connectivity index (χ4n) is 2.11. The summed E-state index contributed by atoms with van der Waals surface area (Å²) in [5.41, 5.74) is 2.98. The number of hydrogen-bond donors (Lipinski definition) is 2. The molecule has 3 rings (SSSR count). The van der Waals surface area contributed by atoms with Gasteiger partial charge in [-0.25, -0.2) is 4.98 Å². The van der Waals surface area contributed by atoms with Gasteiger partial charge in [0.25, 0.3) is 0 Å². The second-order valence-electron chi connectivity index (χ2n) is 4.39. The van der Waals surface area contributed by atoms with E-state index in [2.05, 4.69) is 33.5 Å². The Morgan fingerprint density at radius 3 is 2.84 bits per heavy atom. The van der Waals surface area contributed by atoms with Crippen LogP contribution < -0.4 is 10.1 Å². The number of rotatable bonds is 3. The van der Waals surface area contributed by atoms with Gasteiger partial charge < -0.3 is 15.0 Å². The van der Waals surface area contributed by atoms with Crippen LogP contribution >= 0.6 is 0 Å². The lowest BCUT2D eigenvalue weighted by Gasteiger charge is -2.09. The molecule has 2 N–H and O–H groups in total. The molecule has 2 heterocycles. The number of nitrogens with zero attached hydrogens (tertiary/aromatic N) is 1. The van der Waals surface area contributed by atoms with Gasteiger partial charge >= 0.3 is 0 Å². The second-order valence-corrected chi connectivity index (χ2v) is 4.39. The molecule has 0 aliphatic rings. The van der Waals surface area contributed by atoms with Crippen LogP contribution in [0.4, 0.5) is 11.5 Å². The summed E-state index contributed by atoms with van der Waals surface area (Å²) < 4.78 is 5.20. The lowest BCUT2D eigenvalue weighted by molar-refractivity contribution is 0.409. The number of hydrogen-bond acceptors (Lipinski definition) is 3. The van der Waals surface area contributed by atoms with E-state index in [-0.39, 0.29) is 0 Å². The molecule has 0 aliphatic heterocycles. The van der Waals surface area contributed by atoms with Gasteiger partial charge in [-0.2, -0.15) is 0 Å². The van der Waals surface area contributed by atoms with E-state index in [0.29, 0.717) is 0 Å². The fourth-order valence-corrected chi connectivity index (χ4v) is 2.11. The lowest BCUT2D eigenvalue weighted by Crippen LogP contribution is -1.97. The molecular formula is C15H15N3O. The molecular weight excluding hydrogens is 238 g/mol. The number of methoxy groups -OCH3 is 1. The van der Waals surface area contributed by atoms with E-state index < -0.39 is 0 Å². The molecule has 19 heavy (non-hydrogen) atoms. The highest BCUT2D eigenvalue weighted by Crippen LogP contribution is 2.23. The van der Waals surface area contributed by atoms with Crippen molar-refractivity contribution in [1.82, 2.24) is 9.97 Å². The van der Waals surface area contributed by atoms with Gasteiger partial charge in [-0.1, -0.05) is 6.07 Å². The van der Waals surface area contributed by atoms with Crippen molar-refractivity contribution in [1.29, 1.82) is 0 Å². The lowest BCUT2D eigenvalue weighted by atomic mass is 10.2. The van der Waals surface area contributed by atoms with Gasteiger partial charge in [0.1, 0.15) is 11.6 Å². The van der Waals surface area contributed by atoms with Crippen LogP contribution in [0.5, 0.6) is 5.75 Å². The van der Waals surface area contributed by atoms with Crippen molar-refractivity contribution in [2.24, 2.45) is 0 Å². The summed E-state index contributed by atoms with van der Waals surface area (Å²) in [6.07, 6.45) is 1.93. The monoisotopic (exact) mass is 253 g/mol. The van der Waals surface area contributed by atoms with E-state index in [1.807, 2.05) is 31.3 Å². The van der Waals surface area contributed by atoms with E-state index in [1.54, 1.807) is 7.11 Å². The normalized spacial score (nSPS) is 10.6. The summed E-state index contributed by atoms with van der Waals surface area (Å²) in [4.78, 5) is 7.66. The summed E-state index contributed by atoms with van der Waals surface area (Å²) >= 11 is 0. The number of aromatic amines is 1. The first-order valence-electron chi connectivity index (χ1n) is 6.12. The summed E-state index contributed by atoms with van der Waals surface area (Å²) in [5, 5.41) is 4.49. The molecule has 0 atom stereocenters. The Kier molecular flexibility index (Phi) is 2.83. The van der Waals surface area contributed by atoms with Crippen LogP contribution in [0.1, 0.15) is 5.69 Å². The Bertz CT molecular complexity index is 718. The largest absolute Gasteiger partial charge is 0.495 e. The average molecular weight is 253 g/mol. The SMILES string of the molecule is COc1ccc(Nc2ccc3cc[nH]c3c2)nc1C. The minimum Gasteiger partial charge on any atom is -0.495 e. The zero-order valence-electron chi connectivity index (χ0n) is 10.9. The van der Waals surface area contributed by atoms with Crippen LogP contribution in [0.25, 0.3) is 10.9 Å². The summed E-state index contributed by atoms with van der Waals surface area (Å²) in [5.74, 6) is 1.61. The van der Waals surface area contributed by atoms with Crippen molar-refractivity contribution in [2.45, 2.75) is 6.92 Å². The number of fused-ring (bicyclic) bond motifs is 1. The molecule has 0 spiro atoms. The number of pyridine rings is 1. The number of H-pyrrole nitrogens is 1. The van der Waals surface area contributed by atoms with Crippen molar-refractivity contribution >= 4 is 22.4 Å². The number of ether oxygens (including phenoxy) is 1. The molecule has 0 fully saturated rings. The number of nitrogens with one attached hydrogen (secondary N) is 2. The highest BCUT2D eigenvalue weighted by Gasteiger charge is 2.03. The first-order chi connectivity index (χ1) is 9.26. The molecule has 0 saturated heterocycles. The minimum absolute atomic E-state index is 0.797. The smallest absolute Gasteiger partial charge is 0.140 e. The summed E-state index contributed by atoms with van der Waals surface area (Å²) in [6.45, 7) is 1.93. The summed E-state index contributed by atoms with van der Waals surface area (Å²) in [6, 6.07) is 12.1. The predicted octanol–water partition coefficient (Wildman–Crippen LogP) is 3.62. The van der Waals surface area contributed by atoms with Gasteiger partial charge in [0.05, 0.1) is 12.8 Å². The maximum absolute atomic E-state index is 5.20. The Balaban J connectivity index is 1.89. The average Bonchev–Trinajstić information content (AvgIpc) is 2.86. The number of anilines is 2. The van der Waals surface area contributed by atoms with E-state index in [4.69, 9.17) is 4.74 Å². The zero-order chi connectivity index (χ0) is 13.2. The first-order valence-corrected chi connectivity index (χ1v) is 6.12. The van der Waals surface area contributed by atoms with Crippen LogP contribution in [0.15, 0.2) is 42.6 Å². The van der Waals surface area contributed by atoms with Crippen LogP contribution in [-0.2, 0) is 0 Å². The maximum Gasteiger partial charge on any atom is 0.140 e. The van der Waals surface area contributed by atoms with Gasteiger partial charge in [0.15, 0.2) is 0 Å². The summed E-state index contributed by atoms with van der Waals surface area (Å²) in [7, 11) is 1.65. The van der Waals surface area contributed by atoms with Gasteiger partial charge in [-0.15, -0.1) is 0 Å². The number of aryl methyl sites for hydroxylation is 1. The fraction of sp³-hybridized carbons (Fsp3) is 0.133. The molecule has 1 aromatic carbocycles. The third-order valence-electron chi connectivity index (χ3n) is 3.08. The molecule has 2 aromatic heterocycles. The topological polar surface area (TPSA) is 49.9 Å². The predicted molar refractivity (Wildman–Crippen MR) is 77.1 cm³/mol. The molecule has 4 heteroatoms. The van der Waals surface area contributed by atoms with E-state index >= 15 is 0 Å². The van der Waals surface area contributed by atoms with Gasteiger partial charge in [0, 0.05) is 17.4 Å². The molecule has 0 bridgehead atoms. The van der Waals surface area contributed by atoms with Gasteiger partial charge in [-0.3, -0.25) is 0 Å². The molecule has 4 nitrogen and oxygen atoms in total. The maximum atomic E-state index is 5.20. The molecule has 3 aromatic rings. The van der Waals surface area contributed by atoms with Gasteiger partial charge in [-0.05, 0) is 42.6 Å². The second kappa shape index (κ2) is 4.65. The molecule has 0 unspecified atom stereocenters. The molecule has 96 valence electrons. The first kappa shape index (κ1) is 11.6. The van der Waals surface area contributed by atoms with E-state index in [0.717, 1.165) is 28.5 Å². The Hall–Kier alpha value is -2.49. The molecule has 0 aliphatic carbocycles. The minimum atomic E-state index is 0.797. The third-order valence-corrected chi connectivity index (χ3v) is 3.08. The molecule has 0 radical (unpaired) electrons. The Labute approximate surface area is 111 Å².